The lowest BCUT2D eigenvalue weighted by molar-refractivity contribution is -0.115. The van der Waals surface area contributed by atoms with Crippen LogP contribution < -0.4 is 0 Å². The third kappa shape index (κ3) is 6.76. The summed E-state index contributed by atoms with van der Waals surface area (Å²) in [6.07, 6.45) is 14.1. The van der Waals surface area contributed by atoms with Gasteiger partial charge in [0.25, 0.3) is 0 Å². The molecule has 0 spiro atoms. The molecule has 0 aromatic rings. The van der Waals surface area contributed by atoms with Crippen molar-refractivity contribution in [1.82, 2.24) is 0 Å². The van der Waals surface area contributed by atoms with Crippen LogP contribution in [-0.2, 0) is 9.22 Å². The highest BCUT2D eigenvalue weighted by molar-refractivity contribution is 6.74. The minimum atomic E-state index is -1.80. The SMILES string of the molecule is CCCCCC/C=C\CC1=CC(O[Si](C)(C)C(C)(C)C)CC1=O. The molecule has 23 heavy (non-hydrogen) atoms. The summed E-state index contributed by atoms with van der Waals surface area (Å²) in [6.45, 7) is 13.4. The van der Waals surface area contributed by atoms with Crippen LogP contribution in [0.15, 0.2) is 23.8 Å². The maximum absolute atomic E-state index is 12.2. The quantitative estimate of drug-likeness (QED) is 0.285. The van der Waals surface area contributed by atoms with E-state index in [-0.39, 0.29) is 16.9 Å². The zero-order chi connectivity index (χ0) is 17.5. The molecular weight excluding hydrogens is 300 g/mol. The maximum atomic E-state index is 12.2. The van der Waals surface area contributed by atoms with Crippen LogP contribution in [0.5, 0.6) is 0 Å². The molecule has 0 aliphatic heterocycles. The Morgan fingerprint density at radius 1 is 1.22 bits per heavy atom. The molecule has 1 aliphatic carbocycles. The Morgan fingerprint density at radius 2 is 1.91 bits per heavy atom. The van der Waals surface area contributed by atoms with Gasteiger partial charge in [0.2, 0.25) is 0 Å². The number of allylic oxidation sites excluding steroid dienone is 3. The molecule has 0 aromatic heterocycles. The van der Waals surface area contributed by atoms with E-state index in [1.165, 1.54) is 25.7 Å². The normalized spacial score (nSPS) is 19.7. The van der Waals surface area contributed by atoms with E-state index >= 15 is 0 Å². The predicted octanol–water partition coefficient (Wildman–Crippen LogP) is 6.19. The molecule has 0 saturated heterocycles. The van der Waals surface area contributed by atoms with E-state index in [4.69, 9.17) is 4.43 Å². The van der Waals surface area contributed by atoms with Gasteiger partial charge in [0.15, 0.2) is 14.1 Å². The lowest BCUT2D eigenvalue weighted by Gasteiger charge is -2.37. The van der Waals surface area contributed by atoms with Crippen molar-refractivity contribution in [1.29, 1.82) is 0 Å². The van der Waals surface area contributed by atoms with Crippen LogP contribution in [0.4, 0.5) is 0 Å². The van der Waals surface area contributed by atoms with Crippen molar-refractivity contribution in [3.05, 3.63) is 23.8 Å². The van der Waals surface area contributed by atoms with Crippen molar-refractivity contribution in [2.24, 2.45) is 0 Å². The molecule has 0 amide bonds. The molecule has 1 unspecified atom stereocenters. The Bertz CT molecular complexity index is 441. The molecule has 1 atom stereocenters. The topological polar surface area (TPSA) is 26.3 Å². The van der Waals surface area contributed by atoms with Crippen LogP contribution in [0.25, 0.3) is 0 Å². The Balaban J connectivity index is 2.45. The van der Waals surface area contributed by atoms with Gasteiger partial charge in [0.1, 0.15) is 0 Å². The number of unbranched alkanes of at least 4 members (excludes halogenated alkanes) is 4. The maximum Gasteiger partial charge on any atom is 0.192 e. The fourth-order valence-electron chi connectivity index (χ4n) is 2.52. The van der Waals surface area contributed by atoms with Gasteiger partial charge in [0.05, 0.1) is 6.10 Å². The van der Waals surface area contributed by atoms with Gasteiger partial charge in [0, 0.05) is 6.42 Å². The van der Waals surface area contributed by atoms with Gasteiger partial charge in [-0.25, -0.2) is 0 Å². The van der Waals surface area contributed by atoms with Gasteiger partial charge in [-0.15, -0.1) is 0 Å². The zero-order valence-corrected chi connectivity index (χ0v) is 17.1. The number of hydrogen-bond donors (Lipinski definition) is 0. The second-order valence-electron chi connectivity index (χ2n) is 8.26. The van der Waals surface area contributed by atoms with E-state index in [1.807, 2.05) is 0 Å². The molecule has 0 N–H and O–H groups in total. The molecular formula is C20H36O2Si. The number of ketones is 1. The molecule has 0 aromatic carbocycles. The summed E-state index contributed by atoms with van der Waals surface area (Å²) in [6, 6.07) is 0. The first-order valence-electron chi connectivity index (χ1n) is 9.24. The highest BCUT2D eigenvalue weighted by Crippen LogP contribution is 2.38. The minimum absolute atomic E-state index is 0.00338. The first-order valence-corrected chi connectivity index (χ1v) is 12.1. The standard InChI is InChI=1S/C20H36O2Si/c1-7-8-9-10-11-12-13-14-17-15-18(16-19(17)21)22-23(5,6)20(2,3)4/h12-13,15,18H,7-11,14,16H2,1-6H3/b13-12-. The van der Waals surface area contributed by atoms with E-state index in [2.05, 4.69) is 59.0 Å². The van der Waals surface area contributed by atoms with E-state index < -0.39 is 8.32 Å². The highest BCUT2D eigenvalue weighted by Gasteiger charge is 2.40. The van der Waals surface area contributed by atoms with Crippen molar-refractivity contribution in [2.45, 2.75) is 96.9 Å². The Labute approximate surface area is 144 Å². The average Bonchev–Trinajstić information content (AvgIpc) is 2.76. The van der Waals surface area contributed by atoms with Crippen molar-refractivity contribution in [2.75, 3.05) is 0 Å². The van der Waals surface area contributed by atoms with E-state index in [9.17, 15) is 4.79 Å². The summed E-state index contributed by atoms with van der Waals surface area (Å²) in [5, 5.41) is 0.186. The largest absolute Gasteiger partial charge is 0.410 e. The van der Waals surface area contributed by atoms with Gasteiger partial charge in [-0.3, -0.25) is 4.79 Å². The van der Waals surface area contributed by atoms with Crippen molar-refractivity contribution in [3.63, 3.8) is 0 Å². The molecule has 3 heteroatoms. The van der Waals surface area contributed by atoms with Crippen LogP contribution in [0.2, 0.25) is 18.1 Å². The number of hydrogen-bond acceptors (Lipinski definition) is 2. The first kappa shape index (κ1) is 20.4. The summed E-state index contributed by atoms with van der Waals surface area (Å²) in [4.78, 5) is 12.2. The number of Topliss-reactive ketones (excluding diaryl/α,β-unsaturated/α-hetero) is 1. The lowest BCUT2D eigenvalue weighted by Crippen LogP contribution is -2.43. The number of carbonyl (C=O) groups excluding carboxylic acids is 1. The molecule has 1 rings (SSSR count). The molecule has 1 aliphatic rings. The molecule has 0 bridgehead atoms. The molecule has 0 heterocycles. The van der Waals surface area contributed by atoms with Gasteiger partial charge in [-0.2, -0.15) is 0 Å². The molecule has 2 nitrogen and oxygen atoms in total. The molecule has 0 radical (unpaired) electrons. The lowest BCUT2D eigenvalue weighted by atomic mass is 10.1. The summed E-state index contributed by atoms with van der Waals surface area (Å²) in [7, 11) is -1.80. The predicted molar refractivity (Wildman–Crippen MR) is 102 cm³/mol. The molecule has 0 saturated carbocycles. The van der Waals surface area contributed by atoms with Gasteiger partial charge in [-0.1, -0.05) is 59.1 Å². The zero-order valence-electron chi connectivity index (χ0n) is 16.1. The van der Waals surface area contributed by atoms with Crippen LogP contribution in [0, 0.1) is 0 Å². The minimum Gasteiger partial charge on any atom is -0.410 e. The van der Waals surface area contributed by atoms with Crippen LogP contribution in [0.3, 0.4) is 0 Å². The Morgan fingerprint density at radius 3 is 2.52 bits per heavy atom. The molecule has 0 fully saturated rings. The second-order valence-corrected chi connectivity index (χ2v) is 13.0. The highest BCUT2D eigenvalue weighted by atomic mass is 28.4. The summed E-state index contributed by atoms with van der Waals surface area (Å²) >= 11 is 0. The number of carbonyl (C=O) groups is 1. The smallest absolute Gasteiger partial charge is 0.192 e. The van der Waals surface area contributed by atoms with Crippen LogP contribution >= 0.6 is 0 Å². The third-order valence-corrected chi connectivity index (χ3v) is 9.62. The summed E-state index contributed by atoms with van der Waals surface area (Å²) in [5.41, 5.74) is 0.943. The summed E-state index contributed by atoms with van der Waals surface area (Å²) < 4.78 is 6.35. The molecule has 132 valence electrons. The Kier molecular flexibility index (Phi) is 7.95. The van der Waals surface area contributed by atoms with Crippen LogP contribution in [0.1, 0.15) is 72.6 Å². The average molecular weight is 337 g/mol. The van der Waals surface area contributed by atoms with E-state index in [1.54, 1.807) is 0 Å². The second kappa shape index (κ2) is 8.98. The fourth-order valence-corrected chi connectivity index (χ4v) is 3.78. The monoisotopic (exact) mass is 336 g/mol. The first-order chi connectivity index (χ1) is 10.7. The van der Waals surface area contributed by atoms with E-state index in [0.717, 1.165) is 18.4 Å². The van der Waals surface area contributed by atoms with Crippen molar-refractivity contribution < 1.29 is 9.22 Å². The van der Waals surface area contributed by atoms with Gasteiger partial charge < -0.3 is 4.43 Å². The van der Waals surface area contributed by atoms with Crippen molar-refractivity contribution in [3.8, 4) is 0 Å². The van der Waals surface area contributed by atoms with Crippen molar-refractivity contribution >= 4 is 14.1 Å². The fraction of sp³-hybridized carbons (Fsp3) is 0.750. The van der Waals surface area contributed by atoms with Crippen LogP contribution in [-0.4, -0.2) is 20.2 Å². The van der Waals surface area contributed by atoms with Gasteiger partial charge >= 0.3 is 0 Å². The number of rotatable bonds is 9. The van der Waals surface area contributed by atoms with Gasteiger partial charge in [-0.05, 0) is 49.0 Å². The van der Waals surface area contributed by atoms with E-state index in [0.29, 0.717) is 6.42 Å². The Hall–Kier alpha value is -0.673. The third-order valence-electron chi connectivity index (χ3n) is 5.11. The summed E-state index contributed by atoms with van der Waals surface area (Å²) in [5.74, 6) is 0.268.